The molecule has 1 atom stereocenters. The van der Waals surface area contributed by atoms with E-state index in [1.165, 1.54) is 0 Å². The number of likely N-dealkylation sites (tertiary alicyclic amines) is 1. The van der Waals surface area contributed by atoms with E-state index in [1.54, 1.807) is 7.11 Å². The Kier molecular flexibility index (Phi) is 5.26. The minimum absolute atomic E-state index is 0.0537. The molecule has 1 saturated heterocycles. The van der Waals surface area contributed by atoms with Gasteiger partial charge in [0.15, 0.2) is 0 Å². The summed E-state index contributed by atoms with van der Waals surface area (Å²) in [5.41, 5.74) is 0.750. The minimum Gasteiger partial charge on any atom is -0.497 e. The first-order chi connectivity index (χ1) is 12.1. The van der Waals surface area contributed by atoms with Crippen LogP contribution < -0.4 is 10.1 Å². The van der Waals surface area contributed by atoms with Gasteiger partial charge >= 0.3 is 6.03 Å². The van der Waals surface area contributed by atoms with E-state index in [0.29, 0.717) is 5.92 Å². The summed E-state index contributed by atoms with van der Waals surface area (Å²) in [5, 5.41) is 2.99. The van der Waals surface area contributed by atoms with Crippen molar-refractivity contribution < 1.29 is 9.53 Å². The van der Waals surface area contributed by atoms with Gasteiger partial charge in [0.1, 0.15) is 11.6 Å². The monoisotopic (exact) mass is 342 g/mol. The topological polar surface area (TPSA) is 59.4 Å². The van der Waals surface area contributed by atoms with Crippen LogP contribution in [0.4, 0.5) is 10.5 Å². The number of hydrogen-bond donors (Lipinski definition) is 1. The van der Waals surface area contributed by atoms with Crippen LogP contribution in [-0.4, -0.2) is 40.2 Å². The van der Waals surface area contributed by atoms with Gasteiger partial charge in [-0.05, 0) is 25.0 Å². The molecule has 1 N–H and O–H groups in total. The van der Waals surface area contributed by atoms with E-state index in [9.17, 15) is 4.79 Å². The molecule has 1 aromatic heterocycles. The van der Waals surface area contributed by atoms with Crippen molar-refractivity contribution in [3.63, 3.8) is 0 Å². The molecule has 2 amide bonds. The zero-order valence-corrected chi connectivity index (χ0v) is 15.1. The molecule has 134 valence electrons. The van der Waals surface area contributed by atoms with Crippen molar-refractivity contribution in [1.29, 1.82) is 0 Å². The van der Waals surface area contributed by atoms with E-state index >= 15 is 0 Å². The van der Waals surface area contributed by atoms with E-state index in [1.807, 2.05) is 41.6 Å². The van der Waals surface area contributed by atoms with Crippen molar-refractivity contribution in [3.05, 3.63) is 42.5 Å². The molecule has 1 aliphatic rings. The Morgan fingerprint density at radius 3 is 3.04 bits per heavy atom. The highest BCUT2D eigenvalue weighted by Gasteiger charge is 2.29. The van der Waals surface area contributed by atoms with Gasteiger partial charge in [0, 0.05) is 43.2 Å². The van der Waals surface area contributed by atoms with Crippen LogP contribution in [0, 0.1) is 0 Å². The Morgan fingerprint density at radius 1 is 1.44 bits per heavy atom. The lowest BCUT2D eigenvalue weighted by Gasteiger charge is -2.26. The maximum atomic E-state index is 12.7. The molecule has 1 aliphatic heterocycles. The highest BCUT2D eigenvalue weighted by atomic mass is 16.5. The van der Waals surface area contributed by atoms with Gasteiger partial charge in [-0.15, -0.1) is 0 Å². The second kappa shape index (κ2) is 7.59. The molecule has 0 spiro atoms. The normalized spacial score (nSPS) is 17.1. The molecular formula is C19H26N4O2. The van der Waals surface area contributed by atoms with Crippen molar-refractivity contribution in [3.8, 4) is 5.75 Å². The van der Waals surface area contributed by atoms with Crippen molar-refractivity contribution in [2.75, 3.05) is 19.0 Å². The summed E-state index contributed by atoms with van der Waals surface area (Å²) in [5.74, 6) is 2.17. The van der Waals surface area contributed by atoms with Crippen LogP contribution in [0.1, 0.15) is 38.4 Å². The maximum Gasteiger partial charge on any atom is 0.322 e. The highest BCUT2D eigenvalue weighted by Crippen LogP contribution is 2.23. The summed E-state index contributed by atoms with van der Waals surface area (Å²) in [4.78, 5) is 19.1. The molecule has 3 rings (SSSR count). The number of nitrogens with zero attached hydrogens (tertiary/aromatic N) is 3. The number of hydrogen-bond acceptors (Lipinski definition) is 3. The lowest BCUT2D eigenvalue weighted by Crippen LogP contribution is -2.41. The second-order valence-corrected chi connectivity index (χ2v) is 6.74. The fourth-order valence-electron chi connectivity index (χ4n) is 3.39. The van der Waals surface area contributed by atoms with Gasteiger partial charge in [-0.1, -0.05) is 19.9 Å². The van der Waals surface area contributed by atoms with Crippen LogP contribution in [0.2, 0.25) is 0 Å². The third-order valence-electron chi connectivity index (χ3n) is 4.63. The summed E-state index contributed by atoms with van der Waals surface area (Å²) in [7, 11) is 1.62. The van der Waals surface area contributed by atoms with E-state index in [-0.39, 0.29) is 12.1 Å². The van der Waals surface area contributed by atoms with Gasteiger partial charge in [0.2, 0.25) is 0 Å². The van der Waals surface area contributed by atoms with Crippen LogP contribution in [0.25, 0.3) is 0 Å². The number of aromatic nitrogens is 2. The molecule has 1 fully saturated rings. The molecule has 0 aliphatic carbocycles. The molecular weight excluding hydrogens is 316 g/mol. The molecule has 25 heavy (non-hydrogen) atoms. The SMILES string of the molecule is COc1cccc(NC(=O)N2CCC[C@H]2Cn2ccnc2C(C)C)c1. The Hall–Kier alpha value is -2.50. The van der Waals surface area contributed by atoms with E-state index in [0.717, 1.165) is 43.2 Å². The highest BCUT2D eigenvalue weighted by molar-refractivity contribution is 5.89. The van der Waals surface area contributed by atoms with Gasteiger partial charge < -0.3 is 19.5 Å². The first-order valence-corrected chi connectivity index (χ1v) is 8.81. The quantitative estimate of drug-likeness (QED) is 0.901. The van der Waals surface area contributed by atoms with E-state index < -0.39 is 0 Å². The summed E-state index contributed by atoms with van der Waals surface area (Å²) in [6, 6.07) is 7.57. The fourth-order valence-corrected chi connectivity index (χ4v) is 3.39. The Morgan fingerprint density at radius 2 is 2.28 bits per heavy atom. The van der Waals surface area contributed by atoms with Crippen LogP contribution in [0.3, 0.4) is 0 Å². The molecule has 0 radical (unpaired) electrons. The molecule has 0 saturated carbocycles. The van der Waals surface area contributed by atoms with Gasteiger partial charge in [-0.3, -0.25) is 0 Å². The molecule has 6 nitrogen and oxygen atoms in total. The number of amides is 2. The Labute approximate surface area is 148 Å². The minimum atomic E-state index is -0.0537. The third kappa shape index (κ3) is 3.95. The fraction of sp³-hybridized carbons (Fsp3) is 0.474. The van der Waals surface area contributed by atoms with Crippen molar-refractivity contribution in [2.45, 2.75) is 45.2 Å². The summed E-state index contributed by atoms with van der Waals surface area (Å²) >= 11 is 0. The van der Waals surface area contributed by atoms with E-state index in [2.05, 4.69) is 28.7 Å². The smallest absolute Gasteiger partial charge is 0.322 e. The molecule has 0 bridgehead atoms. The summed E-state index contributed by atoms with van der Waals surface area (Å²) < 4.78 is 7.39. The average Bonchev–Trinajstić information content (AvgIpc) is 3.24. The lowest BCUT2D eigenvalue weighted by atomic mass is 10.2. The van der Waals surface area contributed by atoms with Crippen molar-refractivity contribution >= 4 is 11.7 Å². The molecule has 2 aromatic rings. The van der Waals surface area contributed by atoms with Gasteiger partial charge in [0.05, 0.1) is 13.2 Å². The third-order valence-corrected chi connectivity index (χ3v) is 4.63. The molecule has 1 aromatic carbocycles. The summed E-state index contributed by atoms with van der Waals surface area (Å²) in [6.45, 7) is 5.85. The first kappa shape index (κ1) is 17.3. The van der Waals surface area contributed by atoms with Crippen LogP contribution in [-0.2, 0) is 6.54 Å². The second-order valence-electron chi connectivity index (χ2n) is 6.74. The number of anilines is 1. The van der Waals surface area contributed by atoms with Crippen LogP contribution >= 0.6 is 0 Å². The standard InChI is InChI=1S/C19H26N4O2/c1-14(2)18-20-9-11-22(18)13-16-7-5-10-23(16)19(24)21-15-6-4-8-17(12-15)25-3/h4,6,8-9,11-12,14,16H,5,7,10,13H2,1-3H3,(H,21,24)/t16-/m0/s1. The van der Waals surface area contributed by atoms with Gasteiger partial charge in [-0.2, -0.15) is 0 Å². The van der Waals surface area contributed by atoms with Crippen LogP contribution in [0.5, 0.6) is 5.75 Å². The number of carbonyl (C=O) groups is 1. The average molecular weight is 342 g/mol. The predicted molar refractivity (Wildman–Crippen MR) is 98.1 cm³/mol. The van der Waals surface area contributed by atoms with E-state index in [4.69, 9.17) is 4.74 Å². The maximum absolute atomic E-state index is 12.7. The van der Waals surface area contributed by atoms with Crippen LogP contribution in [0.15, 0.2) is 36.7 Å². The number of carbonyl (C=O) groups excluding carboxylic acids is 1. The Bertz CT molecular complexity index is 726. The number of imidazole rings is 1. The number of ether oxygens (including phenoxy) is 1. The number of nitrogens with one attached hydrogen (secondary N) is 1. The molecule has 0 unspecified atom stereocenters. The predicted octanol–water partition coefficient (Wildman–Crippen LogP) is 3.71. The van der Waals surface area contributed by atoms with Crippen molar-refractivity contribution in [1.82, 2.24) is 14.5 Å². The number of methoxy groups -OCH3 is 1. The number of benzene rings is 1. The lowest BCUT2D eigenvalue weighted by molar-refractivity contribution is 0.200. The Balaban J connectivity index is 1.68. The first-order valence-electron chi connectivity index (χ1n) is 8.81. The molecule has 6 heteroatoms. The van der Waals surface area contributed by atoms with Gasteiger partial charge in [0.25, 0.3) is 0 Å². The zero-order valence-electron chi connectivity index (χ0n) is 15.1. The number of rotatable bonds is 5. The van der Waals surface area contributed by atoms with Gasteiger partial charge in [-0.25, -0.2) is 9.78 Å². The molecule has 2 heterocycles. The van der Waals surface area contributed by atoms with Crippen molar-refractivity contribution in [2.24, 2.45) is 0 Å². The largest absolute Gasteiger partial charge is 0.497 e. The number of urea groups is 1. The zero-order chi connectivity index (χ0) is 17.8. The summed E-state index contributed by atoms with van der Waals surface area (Å²) in [6.07, 6.45) is 5.89.